The van der Waals surface area contributed by atoms with Gasteiger partial charge in [0.2, 0.25) is 0 Å². The van der Waals surface area contributed by atoms with E-state index in [1.807, 2.05) is 6.26 Å². The zero-order valence-corrected chi connectivity index (χ0v) is 13.8. The molecule has 0 fully saturated rings. The van der Waals surface area contributed by atoms with Crippen LogP contribution in [0.5, 0.6) is 0 Å². The van der Waals surface area contributed by atoms with Crippen LogP contribution in [0.15, 0.2) is 41.4 Å². The van der Waals surface area contributed by atoms with Crippen molar-refractivity contribution < 1.29 is 17.2 Å². The number of rotatable bonds is 7. The van der Waals surface area contributed by atoms with Crippen LogP contribution < -0.4 is 10.0 Å². The SMILES string of the molecule is CSCCNc1ccc(S(=O)(=O)Nc2cc(F)cc(F)c2)cn1. The lowest BCUT2D eigenvalue weighted by atomic mass is 10.3. The van der Waals surface area contributed by atoms with Crippen molar-refractivity contribution >= 4 is 33.3 Å². The quantitative estimate of drug-likeness (QED) is 0.744. The minimum Gasteiger partial charge on any atom is -0.369 e. The number of hydrogen-bond donors (Lipinski definition) is 2. The smallest absolute Gasteiger partial charge is 0.263 e. The van der Waals surface area contributed by atoms with Crippen LogP contribution in [0.3, 0.4) is 0 Å². The van der Waals surface area contributed by atoms with Crippen molar-refractivity contribution in [3.63, 3.8) is 0 Å². The number of sulfonamides is 1. The molecule has 0 saturated heterocycles. The molecule has 0 atom stereocenters. The van der Waals surface area contributed by atoms with Crippen molar-refractivity contribution in [3.8, 4) is 0 Å². The van der Waals surface area contributed by atoms with Crippen molar-refractivity contribution in [1.29, 1.82) is 0 Å². The van der Waals surface area contributed by atoms with Gasteiger partial charge in [-0.15, -0.1) is 0 Å². The maximum absolute atomic E-state index is 13.1. The molecule has 2 rings (SSSR count). The Morgan fingerprint density at radius 1 is 1.17 bits per heavy atom. The number of nitrogens with one attached hydrogen (secondary N) is 2. The summed E-state index contributed by atoms with van der Waals surface area (Å²) in [6.07, 6.45) is 3.16. The first-order valence-corrected chi connectivity index (χ1v) is 9.46. The Bertz CT molecular complexity index is 748. The maximum Gasteiger partial charge on any atom is 0.263 e. The number of benzene rings is 1. The third-order valence-corrected chi connectivity index (χ3v) is 4.75. The largest absolute Gasteiger partial charge is 0.369 e. The highest BCUT2D eigenvalue weighted by atomic mass is 32.2. The molecule has 1 aromatic heterocycles. The van der Waals surface area contributed by atoms with Crippen LogP contribution in [0.4, 0.5) is 20.3 Å². The van der Waals surface area contributed by atoms with Crippen molar-refractivity contribution in [2.75, 3.05) is 28.6 Å². The van der Waals surface area contributed by atoms with Gasteiger partial charge < -0.3 is 5.32 Å². The van der Waals surface area contributed by atoms with E-state index in [0.717, 1.165) is 17.9 Å². The first-order chi connectivity index (χ1) is 10.9. The molecule has 23 heavy (non-hydrogen) atoms. The Labute approximate surface area is 137 Å². The fourth-order valence-corrected chi connectivity index (χ4v) is 3.04. The summed E-state index contributed by atoms with van der Waals surface area (Å²) in [5, 5.41) is 3.04. The summed E-state index contributed by atoms with van der Waals surface area (Å²) in [7, 11) is -3.97. The van der Waals surface area contributed by atoms with Crippen molar-refractivity contribution in [2.24, 2.45) is 0 Å². The lowest BCUT2D eigenvalue weighted by molar-refractivity contribution is 0.584. The molecule has 5 nitrogen and oxygen atoms in total. The number of hydrogen-bond acceptors (Lipinski definition) is 5. The van der Waals surface area contributed by atoms with E-state index in [9.17, 15) is 17.2 Å². The van der Waals surface area contributed by atoms with Crippen LogP contribution in [-0.4, -0.2) is 32.0 Å². The molecule has 0 unspecified atom stereocenters. The topological polar surface area (TPSA) is 71.1 Å². The molecule has 0 saturated carbocycles. The summed E-state index contributed by atoms with van der Waals surface area (Å²) in [5.74, 6) is -0.285. The summed E-state index contributed by atoms with van der Waals surface area (Å²) >= 11 is 1.67. The van der Waals surface area contributed by atoms with E-state index in [0.29, 0.717) is 18.4 Å². The zero-order chi connectivity index (χ0) is 16.9. The van der Waals surface area contributed by atoms with E-state index in [2.05, 4.69) is 15.0 Å². The van der Waals surface area contributed by atoms with Gasteiger partial charge >= 0.3 is 0 Å². The fourth-order valence-electron chi connectivity index (χ4n) is 1.75. The van der Waals surface area contributed by atoms with Crippen LogP contribution in [0.2, 0.25) is 0 Å². The van der Waals surface area contributed by atoms with Crippen LogP contribution in [-0.2, 0) is 10.0 Å². The standard InChI is InChI=1S/C14H15F2N3O2S2/c1-22-5-4-17-14-3-2-13(9-18-14)23(20,21)19-12-7-10(15)6-11(16)8-12/h2-3,6-9,19H,4-5H2,1H3,(H,17,18). The minimum atomic E-state index is -3.97. The third-order valence-electron chi connectivity index (χ3n) is 2.77. The van der Waals surface area contributed by atoms with Crippen LogP contribution in [0.25, 0.3) is 0 Å². The Morgan fingerprint density at radius 3 is 2.43 bits per heavy atom. The molecule has 0 radical (unpaired) electrons. The first-order valence-electron chi connectivity index (χ1n) is 6.58. The number of halogens is 2. The number of aromatic nitrogens is 1. The Kier molecular flexibility index (Phi) is 5.78. The van der Waals surface area contributed by atoms with Crippen LogP contribution >= 0.6 is 11.8 Å². The third kappa shape index (κ3) is 5.07. The number of nitrogens with zero attached hydrogens (tertiary/aromatic N) is 1. The number of pyridine rings is 1. The van der Waals surface area contributed by atoms with Gasteiger partial charge in [0.15, 0.2) is 0 Å². The summed E-state index contributed by atoms with van der Waals surface area (Å²) < 4.78 is 52.7. The summed E-state index contributed by atoms with van der Waals surface area (Å²) in [6, 6.07) is 5.35. The molecule has 2 aromatic rings. The summed E-state index contributed by atoms with van der Waals surface area (Å²) in [5.41, 5.74) is -0.190. The highest BCUT2D eigenvalue weighted by Gasteiger charge is 2.15. The molecule has 2 N–H and O–H groups in total. The Hall–Kier alpha value is -1.87. The van der Waals surface area contributed by atoms with Crippen LogP contribution in [0, 0.1) is 11.6 Å². The molecule has 9 heteroatoms. The molecule has 0 aliphatic heterocycles. The molecule has 0 bridgehead atoms. The molecule has 0 aliphatic carbocycles. The van der Waals surface area contributed by atoms with Gasteiger partial charge in [-0.2, -0.15) is 11.8 Å². The molecule has 0 amide bonds. The van der Waals surface area contributed by atoms with Gasteiger partial charge in [-0.3, -0.25) is 4.72 Å². The van der Waals surface area contributed by atoms with Gasteiger partial charge in [-0.1, -0.05) is 0 Å². The highest BCUT2D eigenvalue weighted by molar-refractivity contribution is 7.98. The lowest BCUT2D eigenvalue weighted by Gasteiger charge is -2.09. The first kappa shape index (κ1) is 17.5. The van der Waals surface area contributed by atoms with Gasteiger partial charge in [-0.25, -0.2) is 22.2 Å². The second-order valence-electron chi connectivity index (χ2n) is 4.56. The highest BCUT2D eigenvalue weighted by Crippen LogP contribution is 2.18. The molecular formula is C14H15F2N3O2S2. The van der Waals surface area contributed by atoms with Gasteiger partial charge in [0.05, 0.1) is 5.69 Å². The average Bonchev–Trinajstić information content (AvgIpc) is 2.46. The molecule has 0 aliphatic rings. The fraction of sp³-hybridized carbons (Fsp3) is 0.214. The van der Waals surface area contributed by atoms with Gasteiger partial charge in [0.1, 0.15) is 22.3 Å². The predicted molar refractivity (Wildman–Crippen MR) is 88.3 cm³/mol. The molecule has 124 valence electrons. The van der Waals surface area contributed by atoms with Gasteiger partial charge in [-0.05, 0) is 30.5 Å². The normalized spacial score (nSPS) is 11.3. The Balaban J connectivity index is 2.12. The molecular weight excluding hydrogens is 344 g/mol. The van der Waals surface area contributed by atoms with E-state index in [1.54, 1.807) is 11.8 Å². The van der Waals surface area contributed by atoms with Gasteiger partial charge in [0.25, 0.3) is 10.0 Å². The second-order valence-corrected chi connectivity index (χ2v) is 7.23. The maximum atomic E-state index is 13.1. The molecule has 1 aromatic carbocycles. The number of anilines is 2. The lowest BCUT2D eigenvalue weighted by Crippen LogP contribution is -2.14. The van der Waals surface area contributed by atoms with E-state index in [4.69, 9.17) is 0 Å². The van der Waals surface area contributed by atoms with E-state index < -0.39 is 21.7 Å². The molecule has 1 heterocycles. The molecule has 0 spiro atoms. The van der Waals surface area contributed by atoms with Crippen molar-refractivity contribution in [1.82, 2.24) is 4.98 Å². The van der Waals surface area contributed by atoms with E-state index in [1.165, 1.54) is 18.3 Å². The second kappa shape index (κ2) is 7.60. The zero-order valence-electron chi connectivity index (χ0n) is 12.2. The van der Waals surface area contributed by atoms with E-state index >= 15 is 0 Å². The minimum absolute atomic E-state index is 0.0995. The summed E-state index contributed by atoms with van der Waals surface area (Å²) in [6.45, 7) is 0.709. The van der Waals surface area contributed by atoms with Crippen LogP contribution in [0.1, 0.15) is 0 Å². The van der Waals surface area contributed by atoms with Crippen molar-refractivity contribution in [3.05, 3.63) is 48.2 Å². The monoisotopic (exact) mass is 359 g/mol. The van der Waals surface area contributed by atoms with Crippen molar-refractivity contribution in [2.45, 2.75) is 4.90 Å². The van der Waals surface area contributed by atoms with Gasteiger partial charge in [0, 0.05) is 24.6 Å². The van der Waals surface area contributed by atoms with E-state index in [-0.39, 0.29) is 10.6 Å². The number of thioether (sulfide) groups is 1. The Morgan fingerprint density at radius 2 is 1.87 bits per heavy atom. The average molecular weight is 359 g/mol. The predicted octanol–water partition coefficient (Wildman–Crippen LogP) is 2.94. The summed E-state index contributed by atoms with van der Waals surface area (Å²) in [4.78, 5) is 3.91.